The molecule has 0 aliphatic carbocycles. The number of hydrogen-bond acceptors (Lipinski definition) is 3. The van der Waals surface area contributed by atoms with Crippen LogP contribution in [0, 0.1) is 11.3 Å². The van der Waals surface area contributed by atoms with E-state index < -0.39 is 10.8 Å². The molecule has 0 heterocycles. The second-order valence-electron chi connectivity index (χ2n) is 3.37. The summed E-state index contributed by atoms with van der Waals surface area (Å²) < 4.78 is 10.8. The number of benzene rings is 1. The van der Waals surface area contributed by atoms with Crippen molar-refractivity contribution in [3.8, 4) is 6.07 Å². The molecule has 0 spiro atoms. The maximum absolute atomic E-state index is 10.8. The first-order chi connectivity index (χ1) is 7.63. The molecular formula is C11H13ClN2OS. The fraction of sp³-hybridized carbons (Fsp3) is 0.364. The zero-order valence-electron chi connectivity index (χ0n) is 9.00. The monoisotopic (exact) mass is 256 g/mol. The van der Waals surface area contributed by atoms with Gasteiger partial charge in [-0.2, -0.15) is 5.26 Å². The van der Waals surface area contributed by atoms with Gasteiger partial charge in [0.25, 0.3) is 0 Å². The van der Waals surface area contributed by atoms with E-state index in [1.165, 1.54) is 0 Å². The molecule has 1 rings (SSSR count). The van der Waals surface area contributed by atoms with Crippen LogP contribution in [0.1, 0.15) is 11.1 Å². The van der Waals surface area contributed by atoms with Gasteiger partial charge in [0.2, 0.25) is 0 Å². The lowest BCUT2D eigenvalue weighted by atomic mass is 10.1. The predicted molar refractivity (Wildman–Crippen MR) is 66.8 cm³/mol. The van der Waals surface area contributed by atoms with Crippen molar-refractivity contribution < 1.29 is 4.21 Å². The van der Waals surface area contributed by atoms with Crippen LogP contribution >= 0.6 is 11.6 Å². The van der Waals surface area contributed by atoms with Crippen LogP contribution in [0.2, 0.25) is 5.02 Å². The Kier molecular flexibility index (Phi) is 5.47. The van der Waals surface area contributed by atoms with E-state index in [-0.39, 0.29) is 0 Å². The summed E-state index contributed by atoms with van der Waals surface area (Å²) in [6.07, 6.45) is 1.68. The number of rotatable bonds is 5. The van der Waals surface area contributed by atoms with Gasteiger partial charge in [0.1, 0.15) is 0 Å². The lowest BCUT2D eigenvalue weighted by Crippen LogP contribution is -2.19. The summed E-state index contributed by atoms with van der Waals surface area (Å²) in [6.45, 7) is 1.32. The first-order valence-electron chi connectivity index (χ1n) is 4.82. The molecule has 1 aromatic carbocycles. The van der Waals surface area contributed by atoms with E-state index >= 15 is 0 Å². The van der Waals surface area contributed by atoms with E-state index in [4.69, 9.17) is 16.9 Å². The fourth-order valence-corrected chi connectivity index (χ4v) is 1.88. The van der Waals surface area contributed by atoms with Crippen molar-refractivity contribution in [2.45, 2.75) is 6.54 Å². The van der Waals surface area contributed by atoms with Gasteiger partial charge in [0.05, 0.1) is 11.6 Å². The highest BCUT2D eigenvalue weighted by molar-refractivity contribution is 7.84. The molecule has 16 heavy (non-hydrogen) atoms. The van der Waals surface area contributed by atoms with E-state index in [0.29, 0.717) is 29.4 Å². The maximum Gasteiger partial charge on any atom is 0.0992 e. The molecule has 0 fully saturated rings. The molecule has 86 valence electrons. The zero-order chi connectivity index (χ0) is 12.0. The van der Waals surface area contributed by atoms with Crippen molar-refractivity contribution in [3.05, 3.63) is 34.3 Å². The highest BCUT2D eigenvalue weighted by Gasteiger charge is 2.01. The van der Waals surface area contributed by atoms with Crippen molar-refractivity contribution in [3.63, 3.8) is 0 Å². The van der Waals surface area contributed by atoms with Crippen molar-refractivity contribution in [1.82, 2.24) is 5.32 Å². The second kappa shape index (κ2) is 6.64. The quantitative estimate of drug-likeness (QED) is 0.816. The van der Waals surface area contributed by atoms with Gasteiger partial charge in [0, 0.05) is 40.9 Å². The maximum atomic E-state index is 10.8. The molecule has 5 heteroatoms. The molecule has 0 aliphatic rings. The number of nitriles is 1. The van der Waals surface area contributed by atoms with Crippen LogP contribution in [-0.2, 0) is 17.3 Å². The predicted octanol–water partition coefficient (Wildman–Crippen LogP) is 1.68. The fourth-order valence-electron chi connectivity index (χ4n) is 1.20. The van der Waals surface area contributed by atoms with Crippen LogP contribution in [0.5, 0.6) is 0 Å². The number of halogens is 1. The third-order valence-corrected chi connectivity index (χ3v) is 3.19. The van der Waals surface area contributed by atoms with Crippen molar-refractivity contribution in [1.29, 1.82) is 5.26 Å². The molecule has 0 saturated carbocycles. The lowest BCUT2D eigenvalue weighted by Gasteiger charge is -2.06. The lowest BCUT2D eigenvalue weighted by molar-refractivity contribution is 0.677. The van der Waals surface area contributed by atoms with Gasteiger partial charge in [0.15, 0.2) is 0 Å². The first-order valence-corrected chi connectivity index (χ1v) is 6.93. The average molecular weight is 257 g/mol. The largest absolute Gasteiger partial charge is 0.312 e. The molecule has 1 aromatic rings. The molecule has 1 atom stereocenters. The van der Waals surface area contributed by atoms with Gasteiger partial charge in [-0.15, -0.1) is 0 Å². The van der Waals surface area contributed by atoms with Crippen LogP contribution in [-0.4, -0.2) is 22.8 Å². The Balaban J connectivity index is 2.49. The summed E-state index contributed by atoms with van der Waals surface area (Å²) >= 11 is 6.00. The summed E-state index contributed by atoms with van der Waals surface area (Å²) in [7, 11) is -0.772. The third kappa shape index (κ3) is 4.31. The minimum absolute atomic E-state index is 0.559. The molecular weight excluding hydrogens is 244 g/mol. The molecule has 0 saturated heterocycles. The number of nitrogens with zero attached hydrogens (tertiary/aromatic N) is 1. The van der Waals surface area contributed by atoms with Crippen molar-refractivity contribution in [2.24, 2.45) is 0 Å². The van der Waals surface area contributed by atoms with Gasteiger partial charge in [-0.25, -0.2) is 0 Å². The SMILES string of the molecule is CS(=O)CCNCc1ccc(C#N)cc1Cl. The Bertz CT molecular complexity index is 428. The van der Waals surface area contributed by atoms with Crippen LogP contribution in [0.4, 0.5) is 0 Å². The Morgan fingerprint density at radius 1 is 1.56 bits per heavy atom. The topological polar surface area (TPSA) is 52.9 Å². The van der Waals surface area contributed by atoms with Crippen LogP contribution in [0.3, 0.4) is 0 Å². The molecule has 1 unspecified atom stereocenters. The Morgan fingerprint density at radius 2 is 2.31 bits per heavy atom. The smallest absolute Gasteiger partial charge is 0.0992 e. The van der Waals surface area contributed by atoms with E-state index in [9.17, 15) is 4.21 Å². The van der Waals surface area contributed by atoms with E-state index in [0.717, 1.165) is 5.56 Å². The number of nitrogens with one attached hydrogen (secondary N) is 1. The summed E-state index contributed by atoms with van der Waals surface area (Å²) in [6, 6.07) is 7.25. The van der Waals surface area contributed by atoms with Crippen LogP contribution in [0.15, 0.2) is 18.2 Å². The highest BCUT2D eigenvalue weighted by Crippen LogP contribution is 2.17. The van der Waals surface area contributed by atoms with Gasteiger partial charge < -0.3 is 5.32 Å². The molecule has 1 N–H and O–H groups in total. The van der Waals surface area contributed by atoms with Gasteiger partial charge in [-0.05, 0) is 17.7 Å². The summed E-state index contributed by atoms with van der Waals surface area (Å²) in [5.41, 5.74) is 1.51. The Labute approximate surface area is 103 Å². The van der Waals surface area contributed by atoms with Gasteiger partial charge in [-0.1, -0.05) is 17.7 Å². The minimum atomic E-state index is -0.772. The summed E-state index contributed by atoms with van der Waals surface area (Å²) in [5.74, 6) is 0.633. The molecule has 0 aromatic heterocycles. The summed E-state index contributed by atoms with van der Waals surface area (Å²) in [5, 5.41) is 12.4. The molecule has 0 aliphatic heterocycles. The van der Waals surface area contributed by atoms with Gasteiger partial charge >= 0.3 is 0 Å². The van der Waals surface area contributed by atoms with E-state index in [1.54, 1.807) is 18.4 Å². The summed E-state index contributed by atoms with van der Waals surface area (Å²) in [4.78, 5) is 0. The Hall–Kier alpha value is -0.890. The normalized spacial score (nSPS) is 12.1. The van der Waals surface area contributed by atoms with E-state index in [2.05, 4.69) is 5.32 Å². The second-order valence-corrected chi connectivity index (χ2v) is 5.33. The van der Waals surface area contributed by atoms with Crippen molar-refractivity contribution in [2.75, 3.05) is 18.6 Å². The van der Waals surface area contributed by atoms with Crippen LogP contribution < -0.4 is 5.32 Å². The average Bonchev–Trinajstić information content (AvgIpc) is 2.25. The molecule has 0 bridgehead atoms. The van der Waals surface area contributed by atoms with Crippen molar-refractivity contribution >= 4 is 22.4 Å². The zero-order valence-corrected chi connectivity index (χ0v) is 10.6. The molecule has 0 radical (unpaired) electrons. The van der Waals surface area contributed by atoms with E-state index in [1.807, 2.05) is 12.1 Å². The van der Waals surface area contributed by atoms with Gasteiger partial charge in [-0.3, -0.25) is 4.21 Å². The van der Waals surface area contributed by atoms with Crippen LogP contribution in [0.25, 0.3) is 0 Å². The third-order valence-electron chi connectivity index (χ3n) is 2.06. The first kappa shape index (κ1) is 13.2. The Morgan fingerprint density at radius 3 is 2.88 bits per heavy atom. The minimum Gasteiger partial charge on any atom is -0.312 e. The molecule has 3 nitrogen and oxygen atoms in total. The standard InChI is InChI=1S/C11H13ClN2OS/c1-16(15)5-4-14-8-10-3-2-9(7-13)6-11(10)12/h2-3,6,14H,4-5,8H2,1H3. The highest BCUT2D eigenvalue weighted by atomic mass is 35.5. The molecule has 0 amide bonds. The number of hydrogen-bond donors (Lipinski definition) is 1.